The highest BCUT2D eigenvalue weighted by Crippen LogP contribution is 2.29. The third-order valence-corrected chi connectivity index (χ3v) is 2.77. The van der Waals surface area contributed by atoms with Crippen LogP contribution in [0.5, 0.6) is 5.75 Å². The van der Waals surface area contributed by atoms with Gasteiger partial charge >= 0.3 is 0 Å². The van der Waals surface area contributed by atoms with E-state index < -0.39 is 0 Å². The molecule has 72 valence electrons. The Morgan fingerprint density at radius 3 is 2.77 bits per heavy atom. The normalized spacial score (nSPS) is 10.1. The zero-order valence-electron chi connectivity index (χ0n) is 8.22. The second-order valence-corrected chi connectivity index (χ2v) is 4.02. The average Bonchev–Trinajstić information content (AvgIpc) is 2.46. The predicted molar refractivity (Wildman–Crippen MR) is 54.8 cm³/mol. The standard InChI is InChI=1S/C10H14O2S/c1-4-8(11)10-9(12-5-2)6-7(3)13-10/h6H,4-5H2,1-3H3. The highest BCUT2D eigenvalue weighted by atomic mass is 32.1. The molecule has 0 aliphatic carbocycles. The first-order valence-electron chi connectivity index (χ1n) is 4.45. The van der Waals surface area contributed by atoms with E-state index in [9.17, 15) is 4.79 Å². The first-order valence-corrected chi connectivity index (χ1v) is 5.27. The molecule has 0 saturated carbocycles. The Bertz CT molecular complexity index is 302. The molecular weight excluding hydrogens is 184 g/mol. The van der Waals surface area contributed by atoms with Crippen LogP contribution in [-0.4, -0.2) is 12.4 Å². The van der Waals surface area contributed by atoms with Crippen molar-refractivity contribution in [3.8, 4) is 5.75 Å². The number of rotatable bonds is 4. The third kappa shape index (κ3) is 2.31. The highest BCUT2D eigenvalue weighted by Gasteiger charge is 2.13. The van der Waals surface area contributed by atoms with Crippen LogP contribution < -0.4 is 4.74 Å². The summed E-state index contributed by atoms with van der Waals surface area (Å²) in [5.41, 5.74) is 0. The lowest BCUT2D eigenvalue weighted by molar-refractivity contribution is 0.0989. The molecule has 0 amide bonds. The van der Waals surface area contributed by atoms with Gasteiger partial charge in [-0.05, 0) is 19.9 Å². The maximum Gasteiger partial charge on any atom is 0.176 e. The van der Waals surface area contributed by atoms with Gasteiger partial charge in [0.1, 0.15) is 10.6 Å². The van der Waals surface area contributed by atoms with Crippen molar-refractivity contribution >= 4 is 17.1 Å². The van der Waals surface area contributed by atoms with Crippen LogP contribution in [0, 0.1) is 6.92 Å². The Morgan fingerprint density at radius 1 is 1.54 bits per heavy atom. The summed E-state index contributed by atoms with van der Waals surface area (Å²) in [6.07, 6.45) is 0.542. The second kappa shape index (κ2) is 4.42. The number of hydrogen-bond acceptors (Lipinski definition) is 3. The number of thiophene rings is 1. The van der Waals surface area contributed by atoms with E-state index in [1.165, 1.54) is 11.3 Å². The van der Waals surface area contributed by atoms with Crippen LogP contribution in [-0.2, 0) is 0 Å². The van der Waals surface area contributed by atoms with Gasteiger partial charge in [-0.15, -0.1) is 11.3 Å². The fraction of sp³-hybridized carbons (Fsp3) is 0.500. The molecule has 1 aromatic rings. The van der Waals surface area contributed by atoms with Crippen LogP contribution in [0.25, 0.3) is 0 Å². The van der Waals surface area contributed by atoms with Gasteiger partial charge in [-0.3, -0.25) is 4.79 Å². The summed E-state index contributed by atoms with van der Waals surface area (Å²) in [5.74, 6) is 0.915. The molecule has 0 spiro atoms. The van der Waals surface area contributed by atoms with E-state index in [2.05, 4.69) is 0 Å². The van der Waals surface area contributed by atoms with Gasteiger partial charge in [-0.1, -0.05) is 6.92 Å². The zero-order valence-corrected chi connectivity index (χ0v) is 9.03. The highest BCUT2D eigenvalue weighted by molar-refractivity contribution is 7.14. The number of Topliss-reactive ketones (excluding diaryl/α,β-unsaturated/α-hetero) is 1. The maximum atomic E-state index is 11.5. The van der Waals surface area contributed by atoms with Crippen molar-refractivity contribution in [3.63, 3.8) is 0 Å². The molecular formula is C10H14O2S. The van der Waals surface area contributed by atoms with Gasteiger partial charge in [-0.2, -0.15) is 0 Å². The van der Waals surface area contributed by atoms with Crippen LogP contribution in [0.1, 0.15) is 34.8 Å². The minimum absolute atomic E-state index is 0.168. The molecule has 13 heavy (non-hydrogen) atoms. The predicted octanol–water partition coefficient (Wildman–Crippen LogP) is 3.05. The SMILES string of the molecule is CCOc1cc(C)sc1C(=O)CC. The van der Waals surface area contributed by atoms with Crippen LogP contribution in [0.3, 0.4) is 0 Å². The number of carbonyl (C=O) groups excluding carboxylic acids is 1. The summed E-state index contributed by atoms with van der Waals surface area (Å²) >= 11 is 1.51. The molecule has 0 N–H and O–H groups in total. The molecule has 0 unspecified atom stereocenters. The van der Waals surface area contributed by atoms with Gasteiger partial charge in [0.25, 0.3) is 0 Å². The molecule has 1 aromatic heterocycles. The largest absolute Gasteiger partial charge is 0.492 e. The van der Waals surface area contributed by atoms with Gasteiger partial charge in [0.05, 0.1) is 6.61 Å². The van der Waals surface area contributed by atoms with Crippen molar-refractivity contribution in [2.24, 2.45) is 0 Å². The lowest BCUT2D eigenvalue weighted by Gasteiger charge is -2.01. The Balaban J connectivity index is 2.96. The third-order valence-electron chi connectivity index (χ3n) is 1.70. The molecule has 1 rings (SSSR count). The van der Waals surface area contributed by atoms with Crippen LogP contribution in [0.15, 0.2) is 6.07 Å². The molecule has 0 bridgehead atoms. The van der Waals surface area contributed by atoms with Crippen LogP contribution in [0.2, 0.25) is 0 Å². The molecule has 0 radical (unpaired) electrons. The molecule has 0 saturated heterocycles. The fourth-order valence-corrected chi connectivity index (χ4v) is 2.07. The molecule has 0 fully saturated rings. The molecule has 3 heteroatoms. The molecule has 0 aliphatic heterocycles. The number of ether oxygens (including phenoxy) is 1. The maximum absolute atomic E-state index is 11.5. The topological polar surface area (TPSA) is 26.3 Å². The van der Waals surface area contributed by atoms with E-state index in [0.717, 1.165) is 15.5 Å². The molecule has 2 nitrogen and oxygen atoms in total. The summed E-state index contributed by atoms with van der Waals surface area (Å²) in [4.78, 5) is 13.3. The van der Waals surface area contributed by atoms with Crippen molar-refractivity contribution < 1.29 is 9.53 Å². The van der Waals surface area contributed by atoms with Crippen molar-refractivity contribution in [2.75, 3.05) is 6.61 Å². The lowest BCUT2D eigenvalue weighted by atomic mass is 10.2. The number of ketones is 1. The Hall–Kier alpha value is -0.830. The molecule has 0 aromatic carbocycles. The van der Waals surface area contributed by atoms with E-state index in [-0.39, 0.29) is 5.78 Å². The smallest absolute Gasteiger partial charge is 0.176 e. The number of aryl methyl sites for hydroxylation is 1. The Morgan fingerprint density at radius 2 is 2.23 bits per heavy atom. The van der Waals surface area contributed by atoms with E-state index in [1.54, 1.807) is 0 Å². The molecule has 1 heterocycles. The molecule has 0 atom stereocenters. The van der Waals surface area contributed by atoms with E-state index >= 15 is 0 Å². The fourth-order valence-electron chi connectivity index (χ4n) is 1.11. The van der Waals surface area contributed by atoms with Crippen LogP contribution in [0.4, 0.5) is 0 Å². The Kier molecular flexibility index (Phi) is 3.48. The van der Waals surface area contributed by atoms with Gasteiger partial charge in [0, 0.05) is 11.3 Å². The summed E-state index contributed by atoms with van der Waals surface area (Å²) < 4.78 is 5.37. The summed E-state index contributed by atoms with van der Waals surface area (Å²) in [6.45, 7) is 6.39. The monoisotopic (exact) mass is 198 g/mol. The van der Waals surface area contributed by atoms with Crippen molar-refractivity contribution in [2.45, 2.75) is 27.2 Å². The minimum Gasteiger partial charge on any atom is -0.492 e. The average molecular weight is 198 g/mol. The van der Waals surface area contributed by atoms with Gasteiger partial charge < -0.3 is 4.74 Å². The minimum atomic E-state index is 0.168. The van der Waals surface area contributed by atoms with E-state index in [4.69, 9.17) is 4.74 Å². The van der Waals surface area contributed by atoms with Gasteiger partial charge in [-0.25, -0.2) is 0 Å². The summed E-state index contributed by atoms with van der Waals surface area (Å²) in [5, 5.41) is 0. The van der Waals surface area contributed by atoms with Gasteiger partial charge in [0.2, 0.25) is 0 Å². The van der Waals surface area contributed by atoms with E-state index in [1.807, 2.05) is 26.8 Å². The first kappa shape index (κ1) is 10.3. The lowest BCUT2D eigenvalue weighted by Crippen LogP contribution is -1.98. The first-order chi connectivity index (χ1) is 6.19. The van der Waals surface area contributed by atoms with Gasteiger partial charge in [0.15, 0.2) is 5.78 Å². The summed E-state index contributed by atoms with van der Waals surface area (Å²) in [6, 6.07) is 1.93. The van der Waals surface area contributed by atoms with Crippen molar-refractivity contribution in [1.29, 1.82) is 0 Å². The second-order valence-electron chi connectivity index (χ2n) is 2.76. The number of carbonyl (C=O) groups is 1. The van der Waals surface area contributed by atoms with Crippen molar-refractivity contribution in [1.82, 2.24) is 0 Å². The Labute approximate surface area is 82.5 Å². The zero-order chi connectivity index (χ0) is 9.84. The molecule has 0 aliphatic rings. The van der Waals surface area contributed by atoms with Crippen molar-refractivity contribution in [3.05, 3.63) is 15.8 Å². The van der Waals surface area contributed by atoms with Crippen LogP contribution >= 0.6 is 11.3 Å². The number of hydrogen-bond donors (Lipinski definition) is 0. The van der Waals surface area contributed by atoms with E-state index in [0.29, 0.717) is 13.0 Å². The summed E-state index contributed by atoms with van der Waals surface area (Å²) in [7, 11) is 0. The quantitative estimate of drug-likeness (QED) is 0.695.